The zero-order chi connectivity index (χ0) is 14.5. The molecule has 0 bridgehead atoms. The molecule has 2 N–H and O–H groups in total. The second-order valence-electron chi connectivity index (χ2n) is 5.25. The lowest BCUT2D eigenvalue weighted by Gasteiger charge is -2.28. The highest BCUT2D eigenvalue weighted by Gasteiger charge is 2.26. The number of halogens is 1. The predicted molar refractivity (Wildman–Crippen MR) is 85.9 cm³/mol. The number of fused-ring (bicyclic) bond motifs is 1. The molecule has 1 aromatic rings. The van der Waals surface area contributed by atoms with E-state index >= 15 is 0 Å². The lowest BCUT2D eigenvalue weighted by Crippen LogP contribution is -2.49. The summed E-state index contributed by atoms with van der Waals surface area (Å²) in [6, 6.07) is 7.41. The minimum absolute atomic E-state index is 0. The fourth-order valence-corrected chi connectivity index (χ4v) is 2.53. The standard InChI is InChI=1S/C15H21N3O3.ClH/c19-15(17-7-10-18-8-5-16-6-9-18)14-11-20-12-3-1-2-4-13(12)21-14;/h1-4,14,16H,5-11H2,(H,17,19);1H. The summed E-state index contributed by atoms with van der Waals surface area (Å²) >= 11 is 0. The number of hydrogen-bond donors (Lipinski definition) is 2. The second-order valence-corrected chi connectivity index (χ2v) is 5.25. The monoisotopic (exact) mass is 327 g/mol. The maximum absolute atomic E-state index is 12.1. The number of ether oxygens (including phenoxy) is 2. The average molecular weight is 328 g/mol. The molecule has 2 aliphatic rings. The first kappa shape index (κ1) is 16.9. The smallest absolute Gasteiger partial charge is 0.264 e. The van der Waals surface area contributed by atoms with Crippen molar-refractivity contribution in [3.05, 3.63) is 24.3 Å². The van der Waals surface area contributed by atoms with Crippen LogP contribution < -0.4 is 20.1 Å². The Hall–Kier alpha value is -1.50. The van der Waals surface area contributed by atoms with Crippen molar-refractivity contribution in [1.82, 2.24) is 15.5 Å². The Labute approximate surface area is 136 Å². The van der Waals surface area contributed by atoms with Gasteiger partial charge in [0.25, 0.3) is 5.91 Å². The summed E-state index contributed by atoms with van der Waals surface area (Å²) in [7, 11) is 0. The Morgan fingerprint density at radius 3 is 2.77 bits per heavy atom. The lowest BCUT2D eigenvalue weighted by molar-refractivity contribution is -0.130. The van der Waals surface area contributed by atoms with E-state index in [0.717, 1.165) is 32.7 Å². The van der Waals surface area contributed by atoms with Gasteiger partial charge in [0.2, 0.25) is 6.10 Å². The zero-order valence-corrected chi connectivity index (χ0v) is 13.2. The molecular formula is C15H22ClN3O3. The molecule has 0 spiro atoms. The summed E-state index contributed by atoms with van der Waals surface area (Å²) in [5.74, 6) is 1.22. The lowest BCUT2D eigenvalue weighted by atomic mass is 10.2. The van der Waals surface area contributed by atoms with E-state index < -0.39 is 6.10 Å². The van der Waals surface area contributed by atoms with Crippen molar-refractivity contribution in [3.8, 4) is 11.5 Å². The first-order chi connectivity index (χ1) is 10.3. The third-order valence-electron chi connectivity index (χ3n) is 3.74. The minimum Gasteiger partial charge on any atom is -0.485 e. The van der Waals surface area contributed by atoms with Crippen LogP contribution in [0.15, 0.2) is 24.3 Å². The number of nitrogens with one attached hydrogen (secondary N) is 2. The van der Waals surface area contributed by atoms with E-state index in [4.69, 9.17) is 9.47 Å². The molecule has 1 atom stereocenters. The molecule has 22 heavy (non-hydrogen) atoms. The van der Waals surface area contributed by atoms with Crippen LogP contribution in [0.3, 0.4) is 0 Å². The zero-order valence-electron chi connectivity index (χ0n) is 12.4. The fraction of sp³-hybridized carbons (Fsp3) is 0.533. The van der Waals surface area contributed by atoms with Gasteiger partial charge < -0.3 is 20.1 Å². The number of amides is 1. The van der Waals surface area contributed by atoms with Gasteiger partial charge in [-0.05, 0) is 12.1 Å². The molecule has 1 amide bonds. The van der Waals surface area contributed by atoms with E-state index in [1.807, 2.05) is 24.3 Å². The Kier molecular flexibility index (Phi) is 6.30. The number of carbonyl (C=O) groups is 1. The number of rotatable bonds is 4. The number of hydrogen-bond acceptors (Lipinski definition) is 5. The van der Waals surface area contributed by atoms with Crippen molar-refractivity contribution in [2.75, 3.05) is 45.9 Å². The van der Waals surface area contributed by atoms with Gasteiger partial charge in [0.05, 0.1) is 0 Å². The fourth-order valence-electron chi connectivity index (χ4n) is 2.53. The summed E-state index contributed by atoms with van der Waals surface area (Å²) < 4.78 is 11.2. The van der Waals surface area contributed by atoms with Gasteiger partial charge in [-0.2, -0.15) is 0 Å². The van der Waals surface area contributed by atoms with E-state index in [1.165, 1.54) is 0 Å². The molecule has 1 unspecified atom stereocenters. The predicted octanol–water partition coefficient (Wildman–Crippen LogP) is 0.270. The first-order valence-electron chi connectivity index (χ1n) is 7.42. The third-order valence-corrected chi connectivity index (χ3v) is 3.74. The average Bonchev–Trinajstić information content (AvgIpc) is 2.55. The largest absolute Gasteiger partial charge is 0.485 e. The van der Waals surface area contributed by atoms with Gasteiger partial charge in [-0.15, -0.1) is 12.4 Å². The van der Waals surface area contributed by atoms with Crippen molar-refractivity contribution >= 4 is 18.3 Å². The number of benzene rings is 1. The molecule has 3 rings (SSSR count). The van der Waals surface area contributed by atoms with Gasteiger partial charge in [-0.25, -0.2) is 0 Å². The van der Waals surface area contributed by atoms with Crippen LogP contribution in [0.4, 0.5) is 0 Å². The maximum Gasteiger partial charge on any atom is 0.264 e. The van der Waals surface area contributed by atoms with Crippen LogP contribution in [-0.2, 0) is 4.79 Å². The second kappa shape index (κ2) is 8.22. The number of piperazine rings is 1. The van der Waals surface area contributed by atoms with Crippen molar-refractivity contribution in [2.45, 2.75) is 6.10 Å². The van der Waals surface area contributed by atoms with Gasteiger partial charge in [0.15, 0.2) is 11.5 Å². The van der Waals surface area contributed by atoms with Crippen molar-refractivity contribution in [2.24, 2.45) is 0 Å². The molecule has 2 aliphatic heterocycles. The molecule has 0 aliphatic carbocycles. The molecule has 1 saturated heterocycles. The van der Waals surface area contributed by atoms with Crippen LogP contribution >= 0.6 is 12.4 Å². The van der Waals surface area contributed by atoms with E-state index in [0.29, 0.717) is 18.0 Å². The van der Waals surface area contributed by atoms with E-state index in [-0.39, 0.29) is 24.9 Å². The summed E-state index contributed by atoms with van der Waals surface area (Å²) in [6.07, 6.45) is -0.567. The molecule has 1 aromatic carbocycles. The van der Waals surface area contributed by atoms with Crippen LogP contribution in [0, 0.1) is 0 Å². The van der Waals surface area contributed by atoms with E-state index in [9.17, 15) is 4.79 Å². The number of nitrogens with zero attached hydrogens (tertiary/aromatic N) is 1. The Morgan fingerprint density at radius 1 is 1.27 bits per heavy atom. The number of para-hydroxylation sites is 2. The van der Waals surface area contributed by atoms with Gasteiger partial charge in [-0.3, -0.25) is 9.69 Å². The number of carbonyl (C=O) groups excluding carboxylic acids is 1. The molecule has 122 valence electrons. The van der Waals surface area contributed by atoms with Crippen LogP contribution in [0.1, 0.15) is 0 Å². The summed E-state index contributed by atoms with van der Waals surface area (Å²) in [6.45, 7) is 5.88. The highest BCUT2D eigenvalue weighted by molar-refractivity contribution is 5.85. The maximum atomic E-state index is 12.1. The van der Waals surface area contributed by atoms with Crippen molar-refractivity contribution in [1.29, 1.82) is 0 Å². The van der Waals surface area contributed by atoms with Crippen molar-refractivity contribution in [3.63, 3.8) is 0 Å². The Bertz CT molecular complexity index is 495. The van der Waals surface area contributed by atoms with Crippen LogP contribution in [0.2, 0.25) is 0 Å². The Morgan fingerprint density at radius 2 is 2.00 bits per heavy atom. The molecule has 7 heteroatoms. The summed E-state index contributed by atoms with van der Waals surface area (Å²) in [4.78, 5) is 14.4. The van der Waals surface area contributed by atoms with Gasteiger partial charge in [0.1, 0.15) is 6.61 Å². The minimum atomic E-state index is -0.567. The van der Waals surface area contributed by atoms with Crippen LogP contribution in [0.5, 0.6) is 11.5 Å². The van der Waals surface area contributed by atoms with Gasteiger partial charge >= 0.3 is 0 Å². The summed E-state index contributed by atoms with van der Waals surface area (Å²) in [5, 5.41) is 6.23. The first-order valence-corrected chi connectivity index (χ1v) is 7.42. The molecule has 0 saturated carbocycles. The third kappa shape index (κ3) is 4.25. The normalized spacial score (nSPS) is 20.8. The quantitative estimate of drug-likeness (QED) is 0.831. The highest BCUT2D eigenvalue weighted by Crippen LogP contribution is 2.30. The van der Waals surface area contributed by atoms with Gasteiger partial charge in [0, 0.05) is 39.3 Å². The van der Waals surface area contributed by atoms with E-state index in [2.05, 4.69) is 15.5 Å². The summed E-state index contributed by atoms with van der Waals surface area (Å²) in [5.41, 5.74) is 0. The van der Waals surface area contributed by atoms with Crippen molar-refractivity contribution < 1.29 is 14.3 Å². The van der Waals surface area contributed by atoms with E-state index in [1.54, 1.807) is 0 Å². The molecule has 0 aromatic heterocycles. The van der Waals surface area contributed by atoms with Gasteiger partial charge in [-0.1, -0.05) is 12.1 Å². The molecule has 1 fully saturated rings. The molecule has 2 heterocycles. The Balaban J connectivity index is 0.00000176. The topological polar surface area (TPSA) is 62.8 Å². The molecule has 0 radical (unpaired) electrons. The SMILES string of the molecule is Cl.O=C(NCCN1CCNCC1)C1COc2ccccc2O1. The molecular weight excluding hydrogens is 306 g/mol. The highest BCUT2D eigenvalue weighted by atomic mass is 35.5. The van der Waals surface area contributed by atoms with Crippen LogP contribution in [-0.4, -0.2) is 62.8 Å². The molecule has 6 nitrogen and oxygen atoms in total. The van der Waals surface area contributed by atoms with Crippen LogP contribution in [0.25, 0.3) is 0 Å².